The number of rotatable bonds is 5. The number of nitrogens with zero attached hydrogens (tertiary/aromatic N) is 3. The molecule has 2 heterocycles. The van der Waals surface area contributed by atoms with Gasteiger partial charge in [0.15, 0.2) is 5.82 Å². The molecule has 1 saturated heterocycles. The van der Waals surface area contributed by atoms with Gasteiger partial charge in [0.05, 0.1) is 5.69 Å². The van der Waals surface area contributed by atoms with Crippen molar-refractivity contribution in [3.05, 3.63) is 78.4 Å². The van der Waals surface area contributed by atoms with E-state index in [1.165, 1.54) is 18.9 Å². The molecule has 0 aliphatic carbocycles. The van der Waals surface area contributed by atoms with E-state index in [0.29, 0.717) is 0 Å². The van der Waals surface area contributed by atoms with E-state index in [9.17, 15) is 4.79 Å². The first kappa shape index (κ1) is 17.9. The summed E-state index contributed by atoms with van der Waals surface area (Å²) < 4.78 is 0. The average molecular weight is 370 g/mol. The minimum atomic E-state index is -0.161. The molecule has 140 valence electrons. The summed E-state index contributed by atoms with van der Waals surface area (Å²) in [7, 11) is 0. The number of carbonyl (C=O) groups excluding carboxylic acids is 1. The van der Waals surface area contributed by atoms with E-state index in [-0.39, 0.29) is 5.91 Å². The molecule has 28 heavy (non-hydrogen) atoms. The summed E-state index contributed by atoms with van der Waals surface area (Å²) in [6.07, 6.45) is 5.77. The lowest BCUT2D eigenvalue weighted by Gasteiger charge is -2.15. The fraction of sp³-hybridized carbons (Fsp3) is 0.174. The van der Waals surface area contributed by atoms with Gasteiger partial charge in [0.25, 0.3) is 0 Å². The number of hydrogen-bond acceptors (Lipinski definition) is 4. The van der Waals surface area contributed by atoms with Crippen LogP contribution in [-0.4, -0.2) is 29.2 Å². The van der Waals surface area contributed by atoms with E-state index in [1.54, 1.807) is 6.08 Å². The van der Waals surface area contributed by atoms with Gasteiger partial charge in [0, 0.05) is 30.4 Å². The first-order chi connectivity index (χ1) is 13.8. The second-order valence-electron chi connectivity index (χ2n) is 6.78. The quantitative estimate of drug-likeness (QED) is 0.677. The zero-order chi connectivity index (χ0) is 19.2. The Kier molecular flexibility index (Phi) is 5.43. The Morgan fingerprint density at radius 1 is 0.893 bits per heavy atom. The summed E-state index contributed by atoms with van der Waals surface area (Å²) in [5.74, 6) is 0.779. The summed E-state index contributed by atoms with van der Waals surface area (Å²) in [5.41, 5.74) is 3.53. The number of benzene rings is 2. The van der Waals surface area contributed by atoms with Gasteiger partial charge in [-0.3, -0.25) is 4.79 Å². The van der Waals surface area contributed by atoms with E-state index in [1.807, 2.05) is 66.7 Å². The molecule has 4 rings (SSSR count). The molecule has 1 aliphatic heterocycles. The summed E-state index contributed by atoms with van der Waals surface area (Å²) in [6, 6.07) is 21.4. The van der Waals surface area contributed by atoms with Crippen LogP contribution >= 0.6 is 0 Å². The van der Waals surface area contributed by atoms with Gasteiger partial charge in [-0.15, -0.1) is 10.2 Å². The van der Waals surface area contributed by atoms with Crippen LogP contribution in [0.5, 0.6) is 0 Å². The molecule has 0 bridgehead atoms. The van der Waals surface area contributed by atoms with Crippen LogP contribution < -0.4 is 10.2 Å². The molecule has 1 amide bonds. The Morgan fingerprint density at radius 2 is 1.64 bits per heavy atom. The van der Waals surface area contributed by atoms with Crippen molar-refractivity contribution in [2.45, 2.75) is 12.8 Å². The molecule has 3 aromatic rings. The SMILES string of the molecule is O=C(/C=C/c1ccccc1)Nc1ccc(-c2ccc(N3CCCC3)nn2)cc1. The summed E-state index contributed by atoms with van der Waals surface area (Å²) in [4.78, 5) is 14.3. The van der Waals surface area contributed by atoms with Crippen molar-refractivity contribution in [3.63, 3.8) is 0 Å². The van der Waals surface area contributed by atoms with Crippen LogP contribution in [0.15, 0.2) is 72.8 Å². The van der Waals surface area contributed by atoms with Crippen molar-refractivity contribution in [2.24, 2.45) is 0 Å². The molecule has 5 heteroatoms. The number of aromatic nitrogens is 2. The Labute approximate surface area is 164 Å². The van der Waals surface area contributed by atoms with E-state index in [2.05, 4.69) is 20.4 Å². The molecule has 0 spiro atoms. The molecular formula is C23H22N4O. The topological polar surface area (TPSA) is 58.1 Å². The van der Waals surface area contributed by atoms with Gasteiger partial charge in [-0.05, 0) is 48.7 Å². The lowest BCUT2D eigenvalue weighted by atomic mass is 10.1. The predicted octanol–water partition coefficient (Wildman–Crippen LogP) is 4.40. The van der Waals surface area contributed by atoms with Crippen LogP contribution in [0, 0.1) is 0 Å². The van der Waals surface area contributed by atoms with Crippen LogP contribution in [0.25, 0.3) is 17.3 Å². The van der Waals surface area contributed by atoms with Crippen LogP contribution in [0.3, 0.4) is 0 Å². The molecule has 1 fully saturated rings. The highest BCUT2D eigenvalue weighted by Crippen LogP contribution is 2.22. The van der Waals surface area contributed by atoms with E-state index >= 15 is 0 Å². The normalized spacial score (nSPS) is 13.8. The molecule has 0 radical (unpaired) electrons. The summed E-state index contributed by atoms with van der Waals surface area (Å²) in [5, 5.41) is 11.6. The number of hydrogen-bond donors (Lipinski definition) is 1. The van der Waals surface area contributed by atoms with Gasteiger partial charge in [0.2, 0.25) is 5.91 Å². The molecule has 1 N–H and O–H groups in total. The minimum Gasteiger partial charge on any atom is -0.355 e. The fourth-order valence-corrected chi connectivity index (χ4v) is 3.24. The third-order valence-electron chi connectivity index (χ3n) is 4.76. The molecule has 0 atom stereocenters. The van der Waals surface area contributed by atoms with E-state index in [4.69, 9.17) is 0 Å². The second kappa shape index (κ2) is 8.48. The van der Waals surface area contributed by atoms with E-state index in [0.717, 1.165) is 41.4 Å². The van der Waals surface area contributed by atoms with Gasteiger partial charge in [-0.1, -0.05) is 42.5 Å². The zero-order valence-corrected chi connectivity index (χ0v) is 15.6. The van der Waals surface area contributed by atoms with Crippen LogP contribution in [0.2, 0.25) is 0 Å². The zero-order valence-electron chi connectivity index (χ0n) is 15.6. The number of anilines is 2. The highest BCUT2D eigenvalue weighted by molar-refractivity contribution is 6.02. The molecular weight excluding hydrogens is 348 g/mol. The third-order valence-corrected chi connectivity index (χ3v) is 4.76. The summed E-state index contributed by atoms with van der Waals surface area (Å²) >= 11 is 0. The fourth-order valence-electron chi connectivity index (χ4n) is 3.24. The van der Waals surface area contributed by atoms with Gasteiger partial charge < -0.3 is 10.2 Å². The van der Waals surface area contributed by atoms with Gasteiger partial charge in [-0.2, -0.15) is 0 Å². The number of amides is 1. The first-order valence-corrected chi connectivity index (χ1v) is 9.51. The Morgan fingerprint density at radius 3 is 2.32 bits per heavy atom. The highest BCUT2D eigenvalue weighted by Gasteiger charge is 2.13. The highest BCUT2D eigenvalue weighted by atomic mass is 16.1. The Hall–Kier alpha value is -3.47. The maximum Gasteiger partial charge on any atom is 0.248 e. The lowest BCUT2D eigenvalue weighted by Crippen LogP contribution is -2.19. The van der Waals surface area contributed by atoms with Crippen molar-refractivity contribution < 1.29 is 4.79 Å². The van der Waals surface area contributed by atoms with Crippen LogP contribution in [-0.2, 0) is 4.79 Å². The Balaban J connectivity index is 1.38. The van der Waals surface area contributed by atoms with Crippen molar-refractivity contribution in [1.82, 2.24) is 10.2 Å². The molecule has 1 aliphatic rings. The van der Waals surface area contributed by atoms with Crippen molar-refractivity contribution >= 4 is 23.5 Å². The molecule has 0 saturated carbocycles. The van der Waals surface area contributed by atoms with Crippen molar-refractivity contribution in [2.75, 3.05) is 23.3 Å². The number of nitrogens with one attached hydrogen (secondary N) is 1. The Bertz CT molecular complexity index is 944. The van der Waals surface area contributed by atoms with E-state index < -0.39 is 0 Å². The van der Waals surface area contributed by atoms with Gasteiger partial charge in [0.1, 0.15) is 0 Å². The molecule has 1 aromatic heterocycles. The van der Waals surface area contributed by atoms with Crippen LogP contribution in [0.4, 0.5) is 11.5 Å². The van der Waals surface area contributed by atoms with Gasteiger partial charge in [-0.25, -0.2) is 0 Å². The first-order valence-electron chi connectivity index (χ1n) is 9.51. The molecule has 2 aromatic carbocycles. The molecule has 5 nitrogen and oxygen atoms in total. The minimum absolute atomic E-state index is 0.161. The smallest absolute Gasteiger partial charge is 0.248 e. The largest absolute Gasteiger partial charge is 0.355 e. The lowest BCUT2D eigenvalue weighted by molar-refractivity contribution is -0.111. The van der Waals surface area contributed by atoms with Gasteiger partial charge >= 0.3 is 0 Å². The maximum absolute atomic E-state index is 12.1. The second-order valence-corrected chi connectivity index (χ2v) is 6.78. The maximum atomic E-state index is 12.1. The standard InChI is InChI=1S/C23H22N4O/c28-23(15-8-18-6-2-1-3-7-18)24-20-11-9-19(10-12-20)21-13-14-22(26-25-21)27-16-4-5-17-27/h1-3,6-15H,4-5,16-17H2,(H,24,28)/b15-8+. The molecule has 0 unspecified atom stereocenters. The summed E-state index contributed by atoms with van der Waals surface area (Å²) in [6.45, 7) is 2.11. The average Bonchev–Trinajstić information content (AvgIpc) is 3.29. The third kappa shape index (κ3) is 4.43. The van der Waals surface area contributed by atoms with Crippen molar-refractivity contribution in [3.8, 4) is 11.3 Å². The monoisotopic (exact) mass is 370 g/mol. The van der Waals surface area contributed by atoms with Crippen LogP contribution in [0.1, 0.15) is 18.4 Å². The predicted molar refractivity (Wildman–Crippen MR) is 113 cm³/mol. The number of carbonyl (C=O) groups is 1. The van der Waals surface area contributed by atoms with Crippen molar-refractivity contribution in [1.29, 1.82) is 0 Å².